The Kier molecular flexibility index (Phi) is 5.46. The molecule has 4 rings (SSSR count). The molecule has 1 aromatic heterocycles. The molecule has 9 heteroatoms. The second-order valence-electron chi connectivity index (χ2n) is 7.32. The molecule has 3 heterocycles. The molecule has 0 unspecified atom stereocenters. The van der Waals surface area contributed by atoms with Gasteiger partial charge in [-0.1, -0.05) is 12.1 Å². The van der Waals surface area contributed by atoms with E-state index >= 15 is 0 Å². The molecule has 29 heavy (non-hydrogen) atoms. The van der Waals surface area contributed by atoms with Gasteiger partial charge < -0.3 is 18.8 Å². The van der Waals surface area contributed by atoms with Gasteiger partial charge in [0.1, 0.15) is 17.3 Å². The molecule has 0 saturated carbocycles. The van der Waals surface area contributed by atoms with E-state index in [9.17, 15) is 17.6 Å². The van der Waals surface area contributed by atoms with Gasteiger partial charge in [-0.2, -0.15) is 0 Å². The van der Waals surface area contributed by atoms with Gasteiger partial charge in [-0.05, 0) is 29.8 Å². The summed E-state index contributed by atoms with van der Waals surface area (Å²) in [6, 6.07) is 8.32. The number of halogens is 1. The lowest BCUT2D eigenvalue weighted by molar-refractivity contribution is -0.181. The minimum absolute atomic E-state index is 0.112. The lowest BCUT2D eigenvalue weighted by Crippen LogP contribution is -2.47. The highest BCUT2D eigenvalue weighted by atomic mass is 32.2. The number of hydrogen-bond acceptors (Lipinski definition) is 6. The quantitative estimate of drug-likeness (QED) is 0.735. The molecule has 2 aromatic rings. The molecule has 0 aliphatic carbocycles. The number of carbonyl (C=O) groups is 1. The molecule has 2 aliphatic rings. The number of furan rings is 1. The summed E-state index contributed by atoms with van der Waals surface area (Å²) in [5.41, 5.74) is 0.493. The van der Waals surface area contributed by atoms with Crippen LogP contribution in [0.3, 0.4) is 0 Å². The summed E-state index contributed by atoms with van der Waals surface area (Å²) in [4.78, 5) is 14.3. The maximum Gasteiger partial charge on any atom is 0.289 e. The Morgan fingerprint density at radius 3 is 2.31 bits per heavy atom. The fraction of sp³-hybridized carbons (Fsp3) is 0.450. The van der Waals surface area contributed by atoms with E-state index in [-0.39, 0.29) is 28.9 Å². The zero-order chi connectivity index (χ0) is 20.5. The minimum atomic E-state index is -3.53. The minimum Gasteiger partial charge on any atom is -0.455 e. The fourth-order valence-corrected chi connectivity index (χ4v) is 5.06. The molecule has 0 atom stereocenters. The molecule has 0 N–H and O–H groups in total. The van der Waals surface area contributed by atoms with Crippen molar-refractivity contribution in [3.8, 4) is 0 Å². The molecule has 7 nitrogen and oxygen atoms in total. The fourth-order valence-electron chi connectivity index (χ4n) is 3.66. The Hall–Kier alpha value is -2.23. The lowest BCUT2D eigenvalue weighted by Gasteiger charge is -2.37. The van der Waals surface area contributed by atoms with Gasteiger partial charge in [0, 0.05) is 25.9 Å². The first-order valence-corrected chi connectivity index (χ1v) is 11.3. The van der Waals surface area contributed by atoms with E-state index in [1.165, 1.54) is 36.4 Å². The number of benzene rings is 1. The smallest absolute Gasteiger partial charge is 0.289 e. The lowest BCUT2D eigenvalue weighted by atomic mass is 10.0. The van der Waals surface area contributed by atoms with E-state index in [0.717, 1.165) is 0 Å². The standard InChI is InChI=1S/C20H22FNO6S/c21-16-3-1-15(2-4-16)13-29(24,25)14-17-5-6-18(28-17)19(23)22-9-7-20(8-10-22)26-11-12-27-20/h1-6H,7-14H2. The zero-order valence-electron chi connectivity index (χ0n) is 15.8. The van der Waals surface area contributed by atoms with Crippen molar-refractivity contribution in [1.29, 1.82) is 0 Å². The topological polar surface area (TPSA) is 86.0 Å². The van der Waals surface area contributed by atoms with Crippen LogP contribution < -0.4 is 0 Å². The molecule has 0 radical (unpaired) electrons. The van der Waals surface area contributed by atoms with Crippen molar-refractivity contribution in [3.63, 3.8) is 0 Å². The van der Waals surface area contributed by atoms with Crippen LogP contribution in [0.15, 0.2) is 40.8 Å². The normalized spacial score (nSPS) is 19.0. The van der Waals surface area contributed by atoms with E-state index in [0.29, 0.717) is 44.7 Å². The molecule has 1 aromatic carbocycles. The van der Waals surface area contributed by atoms with Crippen molar-refractivity contribution < 1.29 is 31.5 Å². The third-order valence-corrected chi connectivity index (χ3v) is 6.66. The zero-order valence-corrected chi connectivity index (χ0v) is 16.6. The summed E-state index contributed by atoms with van der Waals surface area (Å²) in [5, 5.41) is 0. The van der Waals surface area contributed by atoms with Gasteiger partial charge in [-0.3, -0.25) is 4.79 Å². The average molecular weight is 423 g/mol. The number of hydrogen-bond donors (Lipinski definition) is 0. The largest absolute Gasteiger partial charge is 0.455 e. The predicted octanol–water partition coefficient (Wildman–Crippen LogP) is 2.51. The van der Waals surface area contributed by atoms with E-state index < -0.39 is 21.4 Å². The summed E-state index contributed by atoms with van der Waals surface area (Å²) in [6.07, 6.45) is 1.19. The highest BCUT2D eigenvalue weighted by Crippen LogP contribution is 2.32. The summed E-state index contributed by atoms with van der Waals surface area (Å²) in [7, 11) is -3.53. The summed E-state index contributed by atoms with van der Waals surface area (Å²) in [5.74, 6) is -1.52. The molecule has 2 aliphatic heterocycles. The predicted molar refractivity (Wildman–Crippen MR) is 101 cm³/mol. The number of likely N-dealkylation sites (tertiary alicyclic amines) is 1. The van der Waals surface area contributed by atoms with Gasteiger partial charge in [-0.15, -0.1) is 0 Å². The van der Waals surface area contributed by atoms with Crippen LogP contribution in [-0.4, -0.2) is 51.3 Å². The second-order valence-corrected chi connectivity index (χ2v) is 9.39. The summed E-state index contributed by atoms with van der Waals surface area (Å²) in [6.45, 7) is 2.11. The number of piperidine rings is 1. The summed E-state index contributed by atoms with van der Waals surface area (Å²) >= 11 is 0. The van der Waals surface area contributed by atoms with Gasteiger partial charge in [0.2, 0.25) is 0 Å². The molecule has 2 fully saturated rings. The van der Waals surface area contributed by atoms with Crippen LogP contribution in [0.4, 0.5) is 4.39 Å². The number of sulfone groups is 1. The highest BCUT2D eigenvalue weighted by Gasteiger charge is 2.41. The molecule has 1 spiro atoms. The number of ether oxygens (including phenoxy) is 2. The Labute approximate surface area is 168 Å². The monoisotopic (exact) mass is 423 g/mol. The van der Waals surface area contributed by atoms with E-state index in [1.54, 1.807) is 4.90 Å². The maximum absolute atomic E-state index is 13.0. The highest BCUT2D eigenvalue weighted by molar-refractivity contribution is 7.89. The van der Waals surface area contributed by atoms with Crippen LogP contribution in [0.2, 0.25) is 0 Å². The first kappa shape index (κ1) is 20.1. The number of carbonyl (C=O) groups excluding carboxylic acids is 1. The third-order valence-electron chi connectivity index (χ3n) is 5.16. The number of amides is 1. The molecule has 0 bridgehead atoms. The first-order valence-electron chi connectivity index (χ1n) is 9.45. The average Bonchev–Trinajstić information content (AvgIpc) is 3.33. The molecular formula is C20H22FNO6S. The molecule has 1 amide bonds. The van der Waals surface area contributed by atoms with E-state index in [1.807, 2.05) is 0 Å². The number of rotatable bonds is 5. The van der Waals surface area contributed by atoms with Crippen LogP contribution in [0.5, 0.6) is 0 Å². The van der Waals surface area contributed by atoms with E-state index in [2.05, 4.69) is 0 Å². The Morgan fingerprint density at radius 1 is 1.00 bits per heavy atom. The van der Waals surface area contributed by atoms with Gasteiger partial charge in [0.05, 0.1) is 19.0 Å². The Morgan fingerprint density at radius 2 is 1.66 bits per heavy atom. The van der Waals surface area contributed by atoms with Gasteiger partial charge in [-0.25, -0.2) is 12.8 Å². The number of nitrogens with zero attached hydrogens (tertiary/aromatic N) is 1. The summed E-state index contributed by atoms with van der Waals surface area (Å²) < 4.78 is 54.6. The van der Waals surface area contributed by atoms with E-state index in [4.69, 9.17) is 13.9 Å². The van der Waals surface area contributed by atoms with Crippen LogP contribution in [0.1, 0.15) is 34.7 Å². The van der Waals surface area contributed by atoms with Crippen molar-refractivity contribution in [3.05, 3.63) is 59.3 Å². The third kappa shape index (κ3) is 4.68. The van der Waals surface area contributed by atoms with Gasteiger partial charge in [0.25, 0.3) is 5.91 Å². The van der Waals surface area contributed by atoms with Gasteiger partial charge >= 0.3 is 0 Å². The Balaban J connectivity index is 1.36. The molecule has 2 saturated heterocycles. The van der Waals surface area contributed by atoms with Crippen LogP contribution in [0, 0.1) is 5.82 Å². The van der Waals surface area contributed by atoms with Crippen molar-refractivity contribution in [2.45, 2.75) is 30.1 Å². The SMILES string of the molecule is O=C(c1ccc(CS(=O)(=O)Cc2ccc(F)cc2)o1)N1CCC2(CC1)OCCO2. The molecule has 156 valence electrons. The molecular weight excluding hydrogens is 401 g/mol. The first-order chi connectivity index (χ1) is 13.8. The van der Waals surface area contributed by atoms with Crippen molar-refractivity contribution in [2.75, 3.05) is 26.3 Å². The van der Waals surface area contributed by atoms with Crippen molar-refractivity contribution in [2.24, 2.45) is 0 Å². The van der Waals surface area contributed by atoms with Crippen LogP contribution in [0.25, 0.3) is 0 Å². The maximum atomic E-state index is 13.0. The van der Waals surface area contributed by atoms with Gasteiger partial charge in [0.15, 0.2) is 21.4 Å². The van der Waals surface area contributed by atoms with Crippen molar-refractivity contribution in [1.82, 2.24) is 4.90 Å². The van der Waals surface area contributed by atoms with Crippen LogP contribution in [-0.2, 0) is 30.8 Å². The van der Waals surface area contributed by atoms with Crippen molar-refractivity contribution >= 4 is 15.7 Å². The Bertz CT molecular complexity index is 969. The second kappa shape index (κ2) is 7.89. The van der Waals surface area contributed by atoms with Crippen LogP contribution >= 0.6 is 0 Å².